The van der Waals surface area contributed by atoms with Crippen LogP contribution in [0.2, 0.25) is 0 Å². The highest BCUT2D eigenvalue weighted by atomic mass is 19.3. The summed E-state index contributed by atoms with van der Waals surface area (Å²) >= 11 is 0. The second-order valence-corrected chi connectivity index (χ2v) is 10.3. The maximum Gasteiger partial charge on any atom is 0.274 e. The Hall–Kier alpha value is -2.23. The van der Waals surface area contributed by atoms with Crippen molar-refractivity contribution >= 4 is 22.3 Å². The molecule has 31 heavy (non-hydrogen) atoms. The molecule has 1 amide bonds. The van der Waals surface area contributed by atoms with E-state index in [2.05, 4.69) is 5.32 Å². The quantitative estimate of drug-likeness (QED) is 0.535. The van der Waals surface area contributed by atoms with Crippen molar-refractivity contribution in [3.05, 3.63) is 54.1 Å². The van der Waals surface area contributed by atoms with Gasteiger partial charge >= 0.3 is 0 Å². The summed E-state index contributed by atoms with van der Waals surface area (Å²) in [7, 11) is 0. The molecule has 4 fully saturated rings. The van der Waals surface area contributed by atoms with Crippen LogP contribution in [0, 0.1) is 23.2 Å². The van der Waals surface area contributed by atoms with Gasteiger partial charge in [0.25, 0.3) is 6.08 Å². The third-order valence-electron chi connectivity index (χ3n) is 8.12. The Labute approximate surface area is 183 Å². The summed E-state index contributed by atoms with van der Waals surface area (Å²) in [5.41, 5.74) is 0.341. The second kappa shape index (κ2) is 8.03. The number of amides is 1. The lowest BCUT2D eigenvalue weighted by molar-refractivity contribution is -0.147. The van der Waals surface area contributed by atoms with Crippen LogP contribution in [0.25, 0.3) is 16.3 Å². The molecule has 0 spiro atoms. The predicted octanol–water partition coefficient (Wildman–Crippen LogP) is 6.95. The molecule has 0 aromatic heterocycles. The number of carbonyl (C=O) groups excluding carboxylic acids is 1. The number of fused-ring (bicyclic) bond motifs is 1. The highest BCUT2D eigenvalue weighted by Gasteiger charge is 2.54. The number of benzene rings is 2. The highest BCUT2D eigenvalue weighted by Crippen LogP contribution is 2.60. The molecule has 4 saturated carbocycles. The fourth-order valence-corrected chi connectivity index (χ4v) is 6.95. The van der Waals surface area contributed by atoms with E-state index in [-0.39, 0.29) is 29.4 Å². The van der Waals surface area contributed by atoms with Crippen LogP contribution >= 0.6 is 0 Å². The normalized spacial score (nSPS) is 29.7. The summed E-state index contributed by atoms with van der Waals surface area (Å²) in [6, 6.07) is 13.0. The van der Waals surface area contributed by atoms with E-state index >= 15 is 0 Å². The van der Waals surface area contributed by atoms with E-state index in [0.717, 1.165) is 30.0 Å². The molecule has 4 bridgehead atoms. The molecule has 2 aromatic carbocycles. The van der Waals surface area contributed by atoms with Crippen LogP contribution in [0.3, 0.4) is 0 Å². The fourth-order valence-electron chi connectivity index (χ4n) is 6.95. The summed E-state index contributed by atoms with van der Waals surface area (Å²) in [5, 5.41) is 5.19. The molecule has 0 radical (unpaired) electrons. The largest absolute Gasteiger partial charge is 0.353 e. The van der Waals surface area contributed by atoms with Gasteiger partial charge in [0, 0.05) is 17.0 Å². The Bertz CT molecular complexity index is 988. The highest BCUT2D eigenvalue weighted by molar-refractivity contribution is 5.87. The maximum absolute atomic E-state index is 14.0. The van der Waals surface area contributed by atoms with Gasteiger partial charge in [-0.1, -0.05) is 43.3 Å². The van der Waals surface area contributed by atoms with Gasteiger partial charge < -0.3 is 5.32 Å². The molecule has 4 aliphatic carbocycles. The Morgan fingerprint density at radius 3 is 2.19 bits per heavy atom. The van der Waals surface area contributed by atoms with E-state index in [1.54, 1.807) is 6.07 Å². The topological polar surface area (TPSA) is 29.1 Å². The first-order valence-electron chi connectivity index (χ1n) is 11.8. The van der Waals surface area contributed by atoms with Crippen molar-refractivity contribution in [3.8, 4) is 0 Å². The zero-order valence-electron chi connectivity index (χ0n) is 18.2. The van der Waals surface area contributed by atoms with Crippen LogP contribution in [-0.2, 0) is 4.79 Å². The van der Waals surface area contributed by atoms with Crippen LogP contribution in [0.5, 0.6) is 0 Å². The van der Waals surface area contributed by atoms with E-state index in [0.29, 0.717) is 29.7 Å². The van der Waals surface area contributed by atoms with Crippen molar-refractivity contribution in [3.63, 3.8) is 0 Å². The first-order chi connectivity index (χ1) is 15.0. The molecule has 1 unspecified atom stereocenters. The molecule has 0 heterocycles. The molecule has 1 N–H and O–H groups in total. The lowest BCUT2D eigenvalue weighted by Gasteiger charge is -2.55. The van der Waals surface area contributed by atoms with Gasteiger partial charge in [-0.15, -0.1) is 0 Å². The first-order valence-corrected chi connectivity index (χ1v) is 11.8. The number of nitrogens with one attached hydrogen (secondary N) is 1. The fraction of sp³-hybridized carbons (Fsp3) is 0.519. The van der Waals surface area contributed by atoms with E-state index < -0.39 is 6.08 Å². The van der Waals surface area contributed by atoms with Gasteiger partial charge in [0.15, 0.2) is 0 Å². The summed E-state index contributed by atoms with van der Waals surface area (Å²) in [5.74, 6) is 2.19. The van der Waals surface area contributed by atoms with Gasteiger partial charge in [-0.05, 0) is 91.5 Å². The van der Waals surface area contributed by atoms with Crippen LogP contribution in [0.15, 0.2) is 48.5 Å². The number of rotatable bonds is 6. The smallest absolute Gasteiger partial charge is 0.274 e. The molecule has 164 valence electrons. The lowest BCUT2D eigenvalue weighted by atomic mass is 9.49. The average molecular weight is 424 g/mol. The Morgan fingerprint density at radius 1 is 1.00 bits per heavy atom. The van der Waals surface area contributed by atoms with Crippen molar-refractivity contribution in [1.29, 1.82) is 0 Å². The zero-order valence-corrected chi connectivity index (χ0v) is 18.2. The molecule has 0 saturated heterocycles. The minimum atomic E-state index is -1.65. The van der Waals surface area contributed by atoms with Crippen LogP contribution in [0.1, 0.15) is 63.9 Å². The zero-order chi connectivity index (χ0) is 21.6. The maximum atomic E-state index is 14.0. The van der Waals surface area contributed by atoms with Crippen molar-refractivity contribution in [2.24, 2.45) is 23.2 Å². The summed E-state index contributed by atoms with van der Waals surface area (Å²) in [6.07, 6.45) is 5.98. The minimum Gasteiger partial charge on any atom is -0.353 e. The molecule has 2 nitrogen and oxygen atoms in total. The molecular formula is C27H31F2NO. The predicted molar refractivity (Wildman–Crippen MR) is 121 cm³/mol. The number of hydrogen-bond acceptors (Lipinski definition) is 1. The molecule has 1 atom stereocenters. The summed E-state index contributed by atoms with van der Waals surface area (Å²) in [6.45, 7) is 1.97. The van der Waals surface area contributed by atoms with Crippen molar-refractivity contribution in [2.75, 3.05) is 0 Å². The number of carbonyl (C=O) groups is 1. The number of hydrogen-bond donors (Lipinski definition) is 1. The SMILES string of the molecule is CCC(CC(=C(F)F)c1ccc2ccccc2c1)NC(=O)C12CC3CC(CC(C3)C1)C2. The van der Waals surface area contributed by atoms with Gasteiger partial charge in [0.1, 0.15) is 0 Å². The van der Waals surface area contributed by atoms with Crippen LogP contribution in [-0.4, -0.2) is 11.9 Å². The van der Waals surface area contributed by atoms with E-state index in [4.69, 9.17) is 0 Å². The lowest BCUT2D eigenvalue weighted by Crippen LogP contribution is -2.55. The van der Waals surface area contributed by atoms with E-state index in [1.807, 2.05) is 43.3 Å². The molecule has 0 aliphatic heterocycles. The third kappa shape index (κ3) is 3.90. The van der Waals surface area contributed by atoms with Crippen molar-refractivity contribution in [1.82, 2.24) is 5.32 Å². The van der Waals surface area contributed by atoms with Gasteiger partial charge in [0.2, 0.25) is 5.91 Å². The Kier molecular flexibility index (Phi) is 5.35. The third-order valence-corrected chi connectivity index (χ3v) is 8.12. The monoisotopic (exact) mass is 423 g/mol. The Morgan fingerprint density at radius 2 is 1.61 bits per heavy atom. The second-order valence-electron chi connectivity index (χ2n) is 10.3. The standard InChI is InChI=1S/C27H31F2NO/c1-2-23(30-26(31)27-14-17-9-18(15-27)11-19(10-17)16-27)13-24(25(28)29)22-8-7-20-5-3-4-6-21(20)12-22/h3-8,12,17-19,23H,2,9-11,13-16H2,1H3,(H,30,31). The van der Waals surface area contributed by atoms with Gasteiger partial charge in [-0.25, -0.2) is 0 Å². The summed E-state index contributed by atoms with van der Waals surface area (Å²) in [4.78, 5) is 13.4. The molecule has 2 aromatic rings. The van der Waals surface area contributed by atoms with Gasteiger partial charge in [-0.3, -0.25) is 4.79 Å². The molecule has 4 aliphatic rings. The summed E-state index contributed by atoms with van der Waals surface area (Å²) < 4.78 is 28.0. The van der Waals surface area contributed by atoms with Crippen molar-refractivity contribution in [2.45, 2.75) is 64.3 Å². The van der Waals surface area contributed by atoms with Gasteiger partial charge in [-0.2, -0.15) is 8.78 Å². The molecule has 6 rings (SSSR count). The van der Waals surface area contributed by atoms with Crippen LogP contribution in [0.4, 0.5) is 8.78 Å². The van der Waals surface area contributed by atoms with E-state index in [9.17, 15) is 13.6 Å². The number of halogens is 2. The first kappa shape index (κ1) is 20.7. The molecule has 4 heteroatoms. The molecular weight excluding hydrogens is 392 g/mol. The Balaban J connectivity index is 1.34. The van der Waals surface area contributed by atoms with Gasteiger partial charge in [0.05, 0.1) is 0 Å². The average Bonchev–Trinajstić information content (AvgIpc) is 2.75. The van der Waals surface area contributed by atoms with Crippen LogP contribution < -0.4 is 5.32 Å². The minimum absolute atomic E-state index is 0.0448. The van der Waals surface area contributed by atoms with E-state index in [1.165, 1.54) is 19.3 Å². The van der Waals surface area contributed by atoms with Crippen molar-refractivity contribution < 1.29 is 13.6 Å².